The summed E-state index contributed by atoms with van der Waals surface area (Å²) in [4.78, 5) is 0. The normalized spacial score (nSPS) is 14.9. The van der Waals surface area contributed by atoms with Crippen LogP contribution in [0.1, 0.15) is 55.4 Å². The van der Waals surface area contributed by atoms with Crippen LogP contribution < -0.4 is 0 Å². The van der Waals surface area contributed by atoms with Crippen molar-refractivity contribution in [3.8, 4) is 0 Å². The van der Waals surface area contributed by atoms with Gasteiger partial charge in [0.15, 0.2) is 0 Å². The smallest absolute Gasteiger partial charge is 0.0598 e. The van der Waals surface area contributed by atoms with Crippen LogP contribution in [0.15, 0.2) is 12.2 Å². The highest BCUT2D eigenvalue weighted by Crippen LogP contribution is 2.24. The molecule has 0 rings (SSSR count). The zero-order valence-corrected chi connectivity index (χ0v) is 11.8. The van der Waals surface area contributed by atoms with Gasteiger partial charge in [-0.2, -0.15) is 0 Å². The summed E-state index contributed by atoms with van der Waals surface area (Å²) in [5, 5.41) is 0. The maximum Gasteiger partial charge on any atom is 0.0598 e. The lowest BCUT2D eigenvalue weighted by molar-refractivity contribution is -0.0317. The highest BCUT2D eigenvalue weighted by molar-refractivity contribution is 5.00. The molecule has 0 unspecified atom stereocenters. The van der Waals surface area contributed by atoms with Crippen molar-refractivity contribution in [2.45, 2.75) is 61.0 Å². The Bertz CT molecular complexity index is 210. The molecule has 0 aromatic carbocycles. The molecule has 0 aromatic rings. The van der Waals surface area contributed by atoms with Gasteiger partial charge in [-0.3, -0.25) is 0 Å². The maximum atomic E-state index is 5.81. The molecule has 0 atom stereocenters. The van der Waals surface area contributed by atoms with Crippen molar-refractivity contribution < 1.29 is 4.74 Å². The van der Waals surface area contributed by atoms with Gasteiger partial charge in [-0.25, -0.2) is 0 Å². The molecule has 0 aromatic heterocycles. The topological polar surface area (TPSA) is 9.23 Å². The molecule has 90 valence electrons. The zero-order valence-electron chi connectivity index (χ0n) is 11.8. The molecule has 0 radical (unpaired) electrons. The molecule has 15 heavy (non-hydrogen) atoms. The zero-order chi connectivity index (χ0) is 12.3. The first-order valence-corrected chi connectivity index (χ1v) is 5.76. The van der Waals surface area contributed by atoms with Gasteiger partial charge in [0.2, 0.25) is 0 Å². The summed E-state index contributed by atoms with van der Waals surface area (Å²) in [6.45, 7) is 18.1. The van der Waals surface area contributed by atoms with Crippen LogP contribution in [-0.2, 0) is 4.74 Å². The maximum absolute atomic E-state index is 5.81. The molecule has 1 heteroatoms. The van der Waals surface area contributed by atoms with E-state index >= 15 is 0 Å². The number of ether oxygens (including phenoxy) is 1. The molecule has 0 bridgehead atoms. The molecular formula is C14H28O. The van der Waals surface area contributed by atoms with Crippen molar-refractivity contribution in [1.29, 1.82) is 0 Å². The number of hydrogen-bond donors (Lipinski definition) is 0. The van der Waals surface area contributed by atoms with Crippen molar-refractivity contribution in [2.75, 3.05) is 6.61 Å². The van der Waals surface area contributed by atoms with Gasteiger partial charge in [0.05, 0.1) is 12.2 Å². The first-order chi connectivity index (χ1) is 6.41. The van der Waals surface area contributed by atoms with Crippen molar-refractivity contribution in [1.82, 2.24) is 0 Å². The number of allylic oxidation sites excluding steroid dienone is 1. The summed E-state index contributed by atoms with van der Waals surface area (Å²) < 4.78 is 5.81. The van der Waals surface area contributed by atoms with Crippen LogP contribution >= 0.6 is 0 Å². The van der Waals surface area contributed by atoms with Crippen LogP contribution in [0.3, 0.4) is 0 Å². The van der Waals surface area contributed by atoms with Crippen LogP contribution in [0.4, 0.5) is 0 Å². The van der Waals surface area contributed by atoms with Crippen LogP contribution in [-0.4, -0.2) is 12.2 Å². The molecule has 0 saturated carbocycles. The molecule has 0 aliphatic rings. The summed E-state index contributed by atoms with van der Waals surface area (Å²) in [7, 11) is 0. The third-order valence-corrected chi connectivity index (χ3v) is 1.91. The Kier molecular flexibility index (Phi) is 4.60. The molecule has 0 fully saturated rings. The van der Waals surface area contributed by atoms with Crippen molar-refractivity contribution in [3.05, 3.63) is 12.2 Å². The van der Waals surface area contributed by atoms with Gasteiger partial charge in [-0.1, -0.05) is 46.8 Å². The Morgan fingerprint density at radius 3 is 1.60 bits per heavy atom. The van der Waals surface area contributed by atoms with Gasteiger partial charge >= 0.3 is 0 Å². The molecule has 0 heterocycles. The van der Waals surface area contributed by atoms with Gasteiger partial charge < -0.3 is 4.74 Å². The van der Waals surface area contributed by atoms with Crippen molar-refractivity contribution in [3.63, 3.8) is 0 Å². The second-order valence-corrected chi connectivity index (χ2v) is 7.09. The molecular weight excluding hydrogens is 184 g/mol. The van der Waals surface area contributed by atoms with E-state index in [1.807, 2.05) is 0 Å². The summed E-state index contributed by atoms with van der Waals surface area (Å²) in [6, 6.07) is 0. The summed E-state index contributed by atoms with van der Waals surface area (Å²) in [5.41, 5.74) is 0.312. The fraction of sp³-hybridized carbons (Fsp3) is 0.857. The predicted octanol–water partition coefficient (Wildman–Crippen LogP) is 4.43. The Morgan fingerprint density at radius 2 is 1.27 bits per heavy atom. The van der Waals surface area contributed by atoms with E-state index in [1.165, 1.54) is 0 Å². The fourth-order valence-corrected chi connectivity index (χ4v) is 0.926. The third kappa shape index (κ3) is 9.99. The molecule has 0 amide bonds. The highest BCUT2D eigenvalue weighted by atomic mass is 16.5. The van der Waals surface area contributed by atoms with Gasteiger partial charge in [0, 0.05) is 5.41 Å². The minimum atomic E-state index is -0.0488. The third-order valence-electron chi connectivity index (χ3n) is 1.91. The van der Waals surface area contributed by atoms with E-state index < -0.39 is 0 Å². The predicted molar refractivity (Wildman–Crippen MR) is 68.1 cm³/mol. The Balaban J connectivity index is 4.26. The Morgan fingerprint density at radius 1 is 0.800 bits per heavy atom. The van der Waals surface area contributed by atoms with Gasteiger partial charge in [0.1, 0.15) is 0 Å². The second kappa shape index (κ2) is 4.69. The lowest BCUT2D eigenvalue weighted by Crippen LogP contribution is -2.27. The summed E-state index contributed by atoms with van der Waals surface area (Å²) in [5.74, 6) is 0. The van der Waals surface area contributed by atoms with E-state index in [0.717, 1.165) is 6.61 Å². The summed E-state index contributed by atoms with van der Waals surface area (Å²) >= 11 is 0. The lowest BCUT2D eigenvalue weighted by Gasteiger charge is -2.28. The Labute approximate surface area is 95.9 Å². The average molecular weight is 212 g/mol. The highest BCUT2D eigenvalue weighted by Gasteiger charge is 2.20. The van der Waals surface area contributed by atoms with Crippen LogP contribution in [0, 0.1) is 10.8 Å². The first-order valence-electron chi connectivity index (χ1n) is 5.76. The minimum Gasteiger partial charge on any atom is -0.375 e. The van der Waals surface area contributed by atoms with Crippen LogP contribution in [0.2, 0.25) is 0 Å². The fourth-order valence-electron chi connectivity index (χ4n) is 0.926. The van der Waals surface area contributed by atoms with Crippen LogP contribution in [0.25, 0.3) is 0 Å². The molecule has 0 spiro atoms. The Hall–Kier alpha value is -0.300. The van der Waals surface area contributed by atoms with Crippen LogP contribution in [0.5, 0.6) is 0 Å². The lowest BCUT2D eigenvalue weighted by atomic mass is 9.88. The van der Waals surface area contributed by atoms with Gasteiger partial charge in [-0.15, -0.1) is 0 Å². The van der Waals surface area contributed by atoms with E-state index in [2.05, 4.69) is 67.5 Å². The standard InChI is InChI=1S/C14H28O/c1-12(2,3)9-10-14(7,8)11-15-13(4,5)6/h9-10H,11H2,1-8H3/b10-9+. The average Bonchev–Trinajstić information content (AvgIpc) is 1.96. The van der Waals surface area contributed by atoms with E-state index in [0.29, 0.717) is 0 Å². The van der Waals surface area contributed by atoms with Crippen molar-refractivity contribution >= 4 is 0 Å². The van der Waals surface area contributed by atoms with Gasteiger partial charge in [0.25, 0.3) is 0 Å². The first kappa shape index (κ1) is 14.7. The summed E-state index contributed by atoms with van der Waals surface area (Å²) in [6.07, 6.45) is 4.53. The number of hydrogen-bond acceptors (Lipinski definition) is 1. The van der Waals surface area contributed by atoms with E-state index in [1.54, 1.807) is 0 Å². The molecule has 1 nitrogen and oxygen atoms in total. The second-order valence-electron chi connectivity index (χ2n) is 7.09. The van der Waals surface area contributed by atoms with Crippen molar-refractivity contribution in [2.24, 2.45) is 10.8 Å². The molecule has 0 aliphatic heterocycles. The van der Waals surface area contributed by atoms with Gasteiger partial charge in [-0.05, 0) is 26.2 Å². The van der Waals surface area contributed by atoms with E-state index in [4.69, 9.17) is 4.74 Å². The largest absolute Gasteiger partial charge is 0.375 e. The number of rotatable bonds is 3. The quantitative estimate of drug-likeness (QED) is 0.629. The van der Waals surface area contributed by atoms with E-state index in [-0.39, 0.29) is 16.4 Å². The molecule has 0 aliphatic carbocycles. The molecule has 0 saturated heterocycles. The molecule has 0 N–H and O–H groups in total. The minimum absolute atomic E-state index is 0.0488. The SMILES string of the molecule is CC(C)(C)/C=C/C(C)(C)COC(C)(C)C. The monoisotopic (exact) mass is 212 g/mol. The van der Waals surface area contributed by atoms with E-state index in [9.17, 15) is 0 Å².